The Hall–Kier alpha value is -1.75. The minimum atomic E-state index is 0.392. The van der Waals surface area contributed by atoms with E-state index in [9.17, 15) is 0 Å². The Labute approximate surface area is 146 Å². The van der Waals surface area contributed by atoms with E-state index in [1.54, 1.807) is 0 Å². The molecular formula is C19H33N5. The van der Waals surface area contributed by atoms with Crippen LogP contribution in [0.2, 0.25) is 0 Å². The largest absolute Gasteiger partial charge is 0.370 e. The molecule has 2 rings (SSSR count). The minimum absolute atomic E-state index is 0.392. The van der Waals surface area contributed by atoms with Crippen molar-refractivity contribution in [1.82, 2.24) is 10.2 Å². The zero-order chi connectivity index (χ0) is 17.4. The number of nitrogens with one attached hydrogen (secondary N) is 1. The third kappa shape index (κ3) is 6.04. The van der Waals surface area contributed by atoms with Crippen LogP contribution in [-0.2, 0) is 0 Å². The zero-order valence-electron chi connectivity index (χ0n) is 15.5. The van der Waals surface area contributed by atoms with E-state index in [0.717, 1.165) is 52.1 Å². The molecular weight excluding hydrogens is 298 g/mol. The van der Waals surface area contributed by atoms with Gasteiger partial charge in [0.1, 0.15) is 0 Å². The molecule has 134 valence electrons. The number of rotatable bonds is 7. The lowest BCUT2D eigenvalue weighted by molar-refractivity contribution is 0.256. The van der Waals surface area contributed by atoms with Crippen molar-refractivity contribution in [3.63, 3.8) is 0 Å². The first kappa shape index (κ1) is 18.6. The standard InChI is InChI=1S/C19H33N5/c1-4-17(3)22-19(20)21-9-6-10-23-11-13-24(14-12-23)18-8-5-7-16(2)15-18/h5,7-8,15,17H,4,6,9-14H2,1-3H3,(H3,20,21,22). The first-order valence-electron chi connectivity index (χ1n) is 9.19. The Morgan fingerprint density at radius 3 is 2.71 bits per heavy atom. The predicted octanol–water partition coefficient (Wildman–Crippen LogP) is 2.21. The maximum Gasteiger partial charge on any atom is 0.188 e. The SMILES string of the molecule is CCC(C)NC(N)=NCCCN1CCN(c2cccc(C)c2)CC1. The van der Waals surface area contributed by atoms with E-state index in [1.165, 1.54) is 11.3 Å². The number of benzene rings is 1. The molecule has 1 atom stereocenters. The lowest BCUT2D eigenvalue weighted by Crippen LogP contribution is -2.46. The van der Waals surface area contributed by atoms with Gasteiger partial charge in [-0.25, -0.2) is 0 Å². The number of piperazine rings is 1. The van der Waals surface area contributed by atoms with Crippen molar-refractivity contribution in [3.8, 4) is 0 Å². The fourth-order valence-corrected chi connectivity index (χ4v) is 2.95. The summed E-state index contributed by atoms with van der Waals surface area (Å²) in [6.45, 7) is 12.8. The molecule has 0 aromatic heterocycles. The molecule has 0 aliphatic carbocycles. The van der Waals surface area contributed by atoms with Crippen molar-refractivity contribution >= 4 is 11.6 Å². The molecule has 1 aliphatic rings. The Balaban J connectivity index is 1.66. The van der Waals surface area contributed by atoms with E-state index in [0.29, 0.717) is 12.0 Å². The van der Waals surface area contributed by atoms with Crippen LogP contribution >= 0.6 is 0 Å². The molecule has 1 saturated heterocycles. The van der Waals surface area contributed by atoms with Gasteiger partial charge in [-0.2, -0.15) is 0 Å². The lowest BCUT2D eigenvalue weighted by atomic mass is 10.2. The van der Waals surface area contributed by atoms with Crippen LogP contribution in [0.1, 0.15) is 32.3 Å². The average Bonchev–Trinajstić information content (AvgIpc) is 2.59. The molecule has 1 heterocycles. The normalized spacial score (nSPS) is 17.8. The Kier molecular flexibility index (Phi) is 7.37. The smallest absolute Gasteiger partial charge is 0.188 e. The number of hydrogen-bond acceptors (Lipinski definition) is 3. The quantitative estimate of drug-likeness (QED) is 0.457. The van der Waals surface area contributed by atoms with Crippen LogP contribution in [0, 0.1) is 6.92 Å². The molecule has 0 spiro atoms. The summed E-state index contributed by atoms with van der Waals surface area (Å²) in [5, 5.41) is 3.20. The second-order valence-corrected chi connectivity index (χ2v) is 6.74. The van der Waals surface area contributed by atoms with Crippen LogP contribution in [0.5, 0.6) is 0 Å². The molecule has 5 nitrogen and oxygen atoms in total. The highest BCUT2D eigenvalue weighted by molar-refractivity contribution is 5.78. The molecule has 3 N–H and O–H groups in total. The summed E-state index contributed by atoms with van der Waals surface area (Å²) in [7, 11) is 0. The Morgan fingerprint density at radius 2 is 2.04 bits per heavy atom. The molecule has 0 amide bonds. The highest BCUT2D eigenvalue weighted by Gasteiger charge is 2.16. The van der Waals surface area contributed by atoms with E-state index in [4.69, 9.17) is 5.73 Å². The lowest BCUT2D eigenvalue weighted by Gasteiger charge is -2.36. The Morgan fingerprint density at radius 1 is 1.29 bits per heavy atom. The summed E-state index contributed by atoms with van der Waals surface area (Å²) in [6, 6.07) is 9.18. The average molecular weight is 332 g/mol. The topological polar surface area (TPSA) is 56.9 Å². The molecule has 24 heavy (non-hydrogen) atoms. The predicted molar refractivity (Wildman–Crippen MR) is 104 cm³/mol. The van der Waals surface area contributed by atoms with Gasteiger partial charge in [-0.1, -0.05) is 19.1 Å². The Bertz CT molecular complexity index is 520. The van der Waals surface area contributed by atoms with Crippen molar-refractivity contribution < 1.29 is 0 Å². The van der Waals surface area contributed by atoms with E-state index in [-0.39, 0.29) is 0 Å². The van der Waals surface area contributed by atoms with Gasteiger partial charge in [-0.3, -0.25) is 9.89 Å². The summed E-state index contributed by atoms with van der Waals surface area (Å²) in [6.07, 6.45) is 2.12. The summed E-state index contributed by atoms with van der Waals surface area (Å²) in [5.41, 5.74) is 8.56. The summed E-state index contributed by atoms with van der Waals surface area (Å²) in [4.78, 5) is 9.42. The van der Waals surface area contributed by atoms with Crippen LogP contribution in [0.3, 0.4) is 0 Å². The van der Waals surface area contributed by atoms with Crippen molar-refractivity contribution in [1.29, 1.82) is 0 Å². The molecule has 0 bridgehead atoms. The van der Waals surface area contributed by atoms with Crippen molar-refractivity contribution in [2.75, 3.05) is 44.2 Å². The van der Waals surface area contributed by atoms with E-state index < -0.39 is 0 Å². The molecule has 1 fully saturated rings. The van der Waals surface area contributed by atoms with Gasteiger partial charge in [-0.15, -0.1) is 0 Å². The van der Waals surface area contributed by atoms with E-state index in [1.807, 2.05) is 0 Å². The maximum absolute atomic E-state index is 5.88. The van der Waals surface area contributed by atoms with Gasteiger partial charge in [-0.05, 0) is 44.4 Å². The second kappa shape index (κ2) is 9.52. The van der Waals surface area contributed by atoms with Gasteiger partial charge in [0.05, 0.1) is 0 Å². The van der Waals surface area contributed by atoms with Crippen LogP contribution in [0.25, 0.3) is 0 Å². The number of nitrogens with two attached hydrogens (primary N) is 1. The number of aryl methyl sites for hydroxylation is 1. The monoisotopic (exact) mass is 331 g/mol. The fraction of sp³-hybridized carbons (Fsp3) is 0.632. The highest BCUT2D eigenvalue weighted by atomic mass is 15.3. The number of hydrogen-bond donors (Lipinski definition) is 2. The van der Waals surface area contributed by atoms with Crippen LogP contribution < -0.4 is 16.0 Å². The van der Waals surface area contributed by atoms with Gasteiger partial charge in [0.2, 0.25) is 0 Å². The molecule has 1 aromatic carbocycles. The third-order valence-corrected chi connectivity index (χ3v) is 4.66. The van der Waals surface area contributed by atoms with E-state index in [2.05, 4.69) is 65.1 Å². The maximum atomic E-state index is 5.88. The molecule has 0 saturated carbocycles. The molecule has 1 aromatic rings. The van der Waals surface area contributed by atoms with E-state index >= 15 is 0 Å². The minimum Gasteiger partial charge on any atom is -0.370 e. The van der Waals surface area contributed by atoms with Crippen LogP contribution in [0.15, 0.2) is 29.3 Å². The molecule has 1 unspecified atom stereocenters. The summed E-state index contributed by atoms with van der Waals surface area (Å²) < 4.78 is 0. The first-order chi connectivity index (χ1) is 11.6. The number of anilines is 1. The van der Waals surface area contributed by atoms with Gasteiger partial charge < -0.3 is 16.0 Å². The number of guanidine groups is 1. The van der Waals surface area contributed by atoms with Crippen LogP contribution in [-0.4, -0.2) is 56.2 Å². The molecule has 5 heteroatoms. The summed E-state index contributed by atoms with van der Waals surface area (Å²) >= 11 is 0. The third-order valence-electron chi connectivity index (χ3n) is 4.66. The van der Waals surface area contributed by atoms with Crippen molar-refractivity contribution in [2.24, 2.45) is 10.7 Å². The first-order valence-corrected chi connectivity index (χ1v) is 9.19. The van der Waals surface area contributed by atoms with Crippen LogP contribution in [0.4, 0.5) is 5.69 Å². The molecule has 0 radical (unpaired) electrons. The highest BCUT2D eigenvalue weighted by Crippen LogP contribution is 2.17. The van der Waals surface area contributed by atoms with Crippen molar-refractivity contribution in [3.05, 3.63) is 29.8 Å². The van der Waals surface area contributed by atoms with Gasteiger partial charge in [0.15, 0.2) is 5.96 Å². The summed E-state index contributed by atoms with van der Waals surface area (Å²) in [5.74, 6) is 0.577. The second-order valence-electron chi connectivity index (χ2n) is 6.74. The fourth-order valence-electron chi connectivity index (χ4n) is 2.95. The van der Waals surface area contributed by atoms with Crippen molar-refractivity contribution in [2.45, 2.75) is 39.7 Å². The zero-order valence-corrected chi connectivity index (χ0v) is 15.5. The van der Waals surface area contributed by atoms with Gasteiger partial charge in [0, 0.05) is 51.0 Å². The van der Waals surface area contributed by atoms with Gasteiger partial charge in [0.25, 0.3) is 0 Å². The van der Waals surface area contributed by atoms with Gasteiger partial charge >= 0.3 is 0 Å². The number of aliphatic imine (C=N–C) groups is 1. The molecule has 1 aliphatic heterocycles. The number of nitrogens with zero attached hydrogens (tertiary/aromatic N) is 3.